The van der Waals surface area contributed by atoms with Gasteiger partial charge in [-0.25, -0.2) is 67.7 Å². The number of pyridine rings is 2. The van der Waals surface area contributed by atoms with E-state index < -0.39 is 11.6 Å². The Morgan fingerprint density at radius 1 is 0.688 bits per heavy atom. The summed E-state index contributed by atoms with van der Waals surface area (Å²) >= 11 is 0. The lowest BCUT2D eigenvalue weighted by Gasteiger charge is -2.39. The van der Waals surface area contributed by atoms with Crippen molar-refractivity contribution in [2.45, 2.75) is 39.8 Å². The summed E-state index contributed by atoms with van der Waals surface area (Å²) < 4.78 is 47.1. The molecule has 402 valence electrons. The van der Waals surface area contributed by atoms with Crippen LogP contribution in [0.1, 0.15) is 30.8 Å². The molecule has 26 heteroatoms. The molecule has 8 aromatic heterocycles. The Bertz CT molecular complexity index is 4120. The van der Waals surface area contributed by atoms with E-state index in [0.29, 0.717) is 113 Å². The molecule has 2 saturated heterocycles. The second kappa shape index (κ2) is 20.9. The maximum absolute atomic E-state index is 16.1. The average Bonchev–Trinajstić information content (AvgIpc) is 4.19. The van der Waals surface area contributed by atoms with Crippen molar-refractivity contribution in [3.63, 3.8) is 0 Å². The molecule has 12 rings (SSSR count). The first kappa shape index (κ1) is 50.4. The van der Waals surface area contributed by atoms with E-state index in [0.717, 1.165) is 0 Å². The van der Waals surface area contributed by atoms with Crippen LogP contribution in [-0.4, -0.2) is 142 Å². The highest BCUT2D eigenvalue weighted by Gasteiger charge is 2.30. The van der Waals surface area contributed by atoms with Crippen molar-refractivity contribution >= 4 is 86.2 Å². The number of amides is 2. The lowest BCUT2D eigenvalue weighted by molar-refractivity contribution is -0.128. The number of halogens is 2. The van der Waals surface area contributed by atoms with Gasteiger partial charge >= 0.3 is 0 Å². The number of ether oxygens (including phenoxy) is 2. The quantitative estimate of drug-likeness (QED) is 0.108. The number of piperazine rings is 2. The van der Waals surface area contributed by atoms with Gasteiger partial charge in [0, 0.05) is 93.6 Å². The molecule has 0 bridgehead atoms. The van der Waals surface area contributed by atoms with Crippen molar-refractivity contribution in [2.24, 2.45) is 0 Å². The van der Waals surface area contributed by atoms with Gasteiger partial charge in [0.2, 0.25) is 23.7 Å². The van der Waals surface area contributed by atoms with Crippen LogP contribution in [0.15, 0.2) is 111 Å². The van der Waals surface area contributed by atoms with E-state index in [9.17, 15) is 9.59 Å². The Hall–Kier alpha value is -10.4. The number of nitrogens with one attached hydrogen (secondary N) is 2. The molecule has 2 aliphatic heterocycles. The molecule has 2 N–H and O–H groups in total. The molecule has 2 fully saturated rings. The SMILES string of the molecule is C=CC(=O)N1CCN(c2ncc3ncnc(Nc4ccc(Oc5ccn6nc(/C=C\C(=O)N7CCN(c8ncc9ncnc(Nc%10cc(C)c(Oc%11ccn%12ncnc%12c%11)cc%10F)c9n8)[C@@H](C)C7)nc6c5)c(C)c4F)c3n2)C[C@@H]1C. The summed E-state index contributed by atoms with van der Waals surface area (Å²) in [7, 11) is 0. The van der Waals surface area contributed by atoms with Crippen molar-refractivity contribution in [2.75, 3.05) is 59.7 Å². The number of anilines is 6. The van der Waals surface area contributed by atoms with E-state index in [1.54, 1.807) is 99.1 Å². The second-order valence-corrected chi connectivity index (χ2v) is 19.1. The zero-order chi connectivity index (χ0) is 55.2. The van der Waals surface area contributed by atoms with Gasteiger partial charge in [0.15, 0.2) is 34.6 Å². The van der Waals surface area contributed by atoms with E-state index >= 15 is 8.78 Å². The van der Waals surface area contributed by atoms with E-state index in [1.165, 1.54) is 37.2 Å². The van der Waals surface area contributed by atoms with Crippen molar-refractivity contribution in [3.05, 3.63) is 140 Å². The summed E-state index contributed by atoms with van der Waals surface area (Å²) in [5.74, 6) is 1.70. The van der Waals surface area contributed by atoms with E-state index in [4.69, 9.17) is 19.4 Å². The Kier molecular flexibility index (Phi) is 13.1. The van der Waals surface area contributed by atoms with Crippen molar-refractivity contribution in [1.82, 2.24) is 78.9 Å². The molecule has 10 aromatic rings. The monoisotopic (exact) mass is 1080 g/mol. The van der Waals surface area contributed by atoms with Gasteiger partial charge in [0.1, 0.15) is 69.9 Å². The van der Waals surface area contributed by atoms with Crippen LogP contribution in [0.25, 0.3) is 39.4 Å². The molecular formula is C54H48F2N20O4. The van der Waals surface area contributed by atoms with Gasteiger partial charge in [-0.1, -0.05) is 6.58 Å². The number of nitrogens with zero attached hydrogens (tertiary/aromatic N) is 18. The van der Waals surface area contributed by atoms with Crippen LogP contribution in [-0.2, 0) is 9.59 Å². The number of hydrogen-bond acceptors (Lipinski definition) is 20. The number of fused-ring (bicyclic) bond motifs is 4. The highest BCUT2D eigenvalue weighted by molar-refractivity contribution is 5.92. The largest absolute Gasteiger partial charge is 0.457 e. The summed E-state index contributed by atoms with van der Waals surface area (Å²) in [6, 6.07) is 12.6. The van der Waals surface area contributed by atoms with Crippen LogP contribution < -0.4 is 29.9 Å². The first-order valence-corrected chi connectivity index (χ1v) is 25.3. The molecule has 0 unspecified atom stereocenters. The second-order valence-electron chi connectivity index (χ2n) is 19.1. The minimum atomic E-state index is -0.568. The van der Waals surface area contributed by atoms with Gasteiger partial charge in [0.25, 0.3) is 0 Å². The Balaban J connectivity index is 0.672. The lowest BCUT2D eigenvalue weighted by atomic mass is 10.1. The summed E-state index contributed by atoms with van der Waals surface area (Å²) in [4.78, 5) is 78.2. The number of carbonyl (C=O) groups is 2. The average molecular weight is 1080 g/mol. The molecule has 2 aliphatic rings. The van der Waals surface area contributed by atoms with Crippen LogP contribution >= 0.6 is 0 Å². The van der Waals surface area contributed by atoms with Gasteiger partial charge in [-0.3, -0.25) is 9.59 Å². The first-order valence-electron chi connectivity index (χ1n) is 25.3. The van der Waals surface area contributed by atoms with E-state index in [1.807, 2.05) is 30.6 Å². The maximum atomic E-state index is 16.1. The Morgan fingerprint density at radius 3 is 2.12 bits per heavy atom. The van der Waals surface area contributed by atoms with Crippen LogP contribution in [0.2, 0.25) is 0 Å². The minimum absolute atomic E-state index is 0.0905. The fourth-order valence-electron chi connectivity index (χ4n) is 9.58. The molecule has 2 aromatic carbocycles. The topological polar surface area (TPSA) is 253 Å². The highest BCUT2D eigenvalue weighted by Crippen LogP contribution is 2.35. The third-order valence-corrected chi connectivity index (χ3v) is 13.8. The number of benzene rings is 2. The number of hydrogen-bond donors (Lipinski definition) is 2. The standard InChI is InChI=1S/C54H48F2N20O4/c1-6-46(77)73-17-16-72(26-31(73)3)53-57-23-39-49(68-53)51(62-27-59-39)65-37-7-8-41(33(5)48(37)56)79-35-12-14-76-45(21-35)67-43(70-76)9-10-47(78)71-15-18-74(32(4)25-71)54-58-24-40-50(69-54)52(63-28-60-40)66-38-19-30(2)42(22-36(38)55)80-34-11-13-75-44(20-34)61-29-64-75/h6-14,19-24,27-29,31-32H,1,15-18,25-26H2,2-5H3,(H,59,62,65)(H,60,63,66)/b10-9-/t31-,32-/m0/s1. The first-order chi connectivity index (χ1) is 38.8. The third kappa shape index (κ3) is 9.95. The van der Waals surface area contributed by atoms with Gasteiger partial charge in [-0.05, 0) is 75.7 Å². The van der Waals surface area contributed by atoms with Crippen LogP contribution in [0.3, 0.4) is 0 Å². The summed E-state index contributed by atoms with van der Waals surface area (Å²) in [6.45, 7) is 13.6. The van der Waals surface area contributed by atoms with Crippen molar-refractivity contribution in [1.29, 1.82) is 0 Å². The number of carbonyl (C=O) groups excluding carboxylic acids is 2. The normalized spacial score (nSPS) is 15.8. The predicted molar refractivity (Wildman–Crippen MR) is 291 cm³/mol. The molecule has 0 saturated carbocycles. The molecule has 2 atom stereocenters. The van der Waals surface area contributed by atoms with Crippen LogP contribution in [0.5, 0.6) is 23.0 Å². The van der Waals surface area contributed by atoms with Gasteiger partial charge in [-0.2, -0.15) is 5.10 Å². The fourth-order valence-corrected chi connectivity index (χ4v) is 9.58. The zero-order valence-electron chi connectivity index (χ0n) is 43.4. The Labute approximate surface area is 453 Å². The Morgan fingerprint density at radius 2 is 1.39 bits per heavy atom. The van der Waals surface area contributed by atoms with Crippen molar-refractivity contribution in [3.8, 4) is 23.0 Å². The molecular weight excluding hydrogens is 1030 g/mol. The molecule has 0 spiro atoms. The molecule has 10 heterocycles. The summed E-state index contributed by atoms with van der Waals surface area (Å²) in [6.07, 6.45) is 15.0. The van der Waals surface area contributed by atoms with Gasteiger partial charge < -0.3 is 39.7 Å². The van der Waals surface area contributed by atoms with E-state index in [-0.39, 0.29) is 58.2 Å². The third-order valence-electron chi connectivity index (χ3n) is 13.8. The number of aryl methyl sites for hydroxylation is 1. The zero-order valence-corrected chi connectivity index (χ0v) is 43.4. The van der Waals surface area contributed by atoms with Gasteiger partial charge in [-0.15, -0.1) is 5.10 Å². The van der Waals surface area contributed by atoms with Crippen LogP contribution in [0, 0.1) is 25.5 Å². The summed E-state index contributed by atoms with van der Waals surface area (Å²) in [5, 5.41) is 14.8. The number of rotatable bonds is 13. The van der Waals surface area contributed by atoms with E-state index in [2.05, 4.69) is 67.3 Å². The number of aromatic nitrogens is 14. The maximum Gasteiger partial charge on any atom is 0.246 e. The molecule has 2 amide bonds. The van der Waals surface area contributed by atoms with Crippen LogP contribution in [0.4, 0.5) is 43.7 Å². The molecule has 24 nitrogen and oxygen atoms in total. The highest BCUT2D eigenvalue weighted by atomic mass is 19.1. The molecule has 0 aliphatic carbocycles. The fraction of sp³-hybridized carbons (Fsp3) is 0.222. The summed E-state index contributed by atoms with van der Waals surface area (Å²) in [5.41, 5.74) is 3.96. The lowest BCUT2D eigenvalue weighted by Crippen LogP contribution is -2.54. The smallest absolute Gasteiger partial charge is 0.246 e. The van der Waals surface area contributed by atoms with Gasteiger partial charge in [0.05, 0.1) is 23.8 Å². The molecule has 0 radical (unpaired) electrons. The molecule has 80 heavy (non-hydrogen) atoms. The predicted octanol–water partition coefficient (Wildman–Crippen LogP) is 7.18. The van der Waals surface area contributed by atoms with Crippen molar-refractivity contribution < 1.29 is 27.8 Å². The minimum Gasteiger partial charge on any atom is -0.457 e.